The van der Waals surface area contributed by atoms with Gasteiger partial charge in [0, 0.05) is 11.9 Å². The van der Waals surface area contributed by atoms with E-state index in [0.29, 0.717) is 11.4 Å². The van der Waals surface area contributed by atoms with Gasteiger partial charge in [-0.25, -0.2) is 13.2 Å². The standard InChI is InChI=1S/C14H15N3O5S/c1-14(2)10(13(19)20)17-11(18)9(12(17)23(14,21)22)6-8-5-7(15)3-4-16-8/h3-6,10,12H,1-2H3,(H2,15,16)(H,19,20)/b9-6-/t10-,12+/m0/s1. The van der Waals surface area contributed by atoms with Gasteiger partial charge in [0.05, 0.1) is 11.3 Å². The number of nitrogens with two attached hydrogens (primary N) is 1. The van der Waals surface area contributed by atoms with E-state index in [1.165, 1.54) is 32.2 Å². The molecule has 1 amide bonds. The molecule has 2 aliphatic heterocycles. The van der Waals surface area contributed by atoms with Gasteiger partial charge in [0.25, 0.3) is 5.91 Å². The molecule has 3 rings (SSSR count). The quantitative estimate of drug-likeness (QED) is 0.568. The third-order valence-electron chi connectivity index (χ3n) is 4.31. The first kappa shape index (κ1) is 15.5. The summed E-state index contributed by atoms with van der Waals surface area (Å²) >= 11 is 0. The maximum absolute atomic E-state index is 12.7. The predicted molar refractivity (Wildman–Crippen MR) is 81.7 cm³/mol. The second-order valence-electron chi connectivity index (χ2n) is 6.07. The molecule has 9 heteroatoms. The van der Waals surface area contributed by atoms with Crippen molar-refractivity contribution in [2.75, 3.05) is 5.73 Å². The van der Waals surface area contributed by atoms with Crippen molar-refractivity contribution in [2.24, 2.45) is 0 Å². The first-order valence-electron chi connectivity index (χ1n) is 6.81. The van der Waals surface area contributed by atoms with Gasteiger partial charge in [0.2, 0.25) is 0 Å². The van der Waals surface area contributed by atoms with Crippen LogP contribution in [0.25, 0.3) is 6.08 Å². The number of rotatable bonds is 2. The molecule has 3 heterocycles. The number of carbonyl (C=O) groups is 2. The van der Waals surface area contributed by atoms with E-state index in [0.717, 1.165) is 4.90 Å². The molecule has 0 spiro atoms. The average molecular weight is 337 g/mol. The van der Waals surface area contributed by atoms with E-state index in [1.807, 2.05) is 0 Å². The number of aliphatic carboxylic acids is 1. The van der Waals surface area contributed by atoms with E-state index in [9.17, 15) is 23.1 Å². The first-order valence-corrected chi connectivity index (χ1v) is 8.35. The first-order chi connectivity index (χ1) is 10.6. The van der Waals surface area contributed by atoms with Gasteiger partial charge in [-0.05, 0) is 32.1 Å². The molecule has 2 atom stereocenters. The van der Waals surface area contributed by atoms with Gasteiger partial charge < -0.3 is 15.7 Å². The van der Waals surface area contributed by atoms with Gasteiger partial charge >= 0.3 is 5.97 Å². The molecule has 0 aliphatic carbocycles. The molecule has 23 heavy (non-hydrogen) atoms. The molecule has 0 unspecified atom stereocenters. The fourth-order valence-corrected chi connectivity index (χ4v) is 5.17. The van der Waals surface area contributed by atoms with Gasteiger partial charge in [-0.2, -0.15) is 0 Å². The number of hydrogen-bond donors (Lipinski definition) is 2. The van der Waals surface area contributed by atoms with Crippen molar-refractivity contribution >= 4 is 33.5 Å². The summed E-state index contributed by atoms with van der Waals surface area (Å²) in [7, 11) is -3.88. The molecule has 122 valence electrons. The largest absolute Gasteiger partial charge is 0.480 e. The zero-order chi connectivity index (χ0) is 17.2. The number of anilines is 1. The number of nitrogens with zero attached hydrogens (tertiary/aromatic N) is 2. The van der Waals surface area contributed by atoms with Crippen molar-refractivity contribution in [3.8, 4) is 0 Å². The van der Waals surface area contributed by atoms with Crippen molar-refractivity contribution in [1.82, 2.24) is 9.88 Å². The zero-order valence-electron chi connectivity index (χ0n) is 12.4. The van der Waals surface area contributed by atoms with Crippen LogP contribution >= 0.6 is 0 Å². The van der Waals surface area contributed by atoms with E-state index >= 15 is 0 Å². The predicted octanol–water partition coefficient (Wildman–Crippen LogP) is -0.124. The number of pyridine rings is 1. The summed E-state index contributed by atoms with van der Waals surface area (Å²) in [4.78, 5) is 28.7. The Hall–Kier alpha value is -2.42. The van der Waals surface area contributed by atoms with Crippen molar-refractivity contribution in [1.29, 1.82) is 0 Å². The lowest BCUT2D eigenvalue weighted by atomic mass is 9.95. The van der Waals surface area contributed by atoms with Crippen LogP contribution in [0.2, 0.25) is 0 Å². The number of sulfone groups is 1. The number of hydrogen-bond acceptors (Lipinski definition) is 6. The normalized spacial score (nSPS) is 29.2. The van der Waals surface area contributed by atoms with Gasteiger partial charge in [0.1, 0.15) is 4.75 Å². The van der Waals surface area contributed by atoms with Crippen molar-refractivity contribution in [3.63, 3.8) is 0 Å². The molecule has 0 aromatic carbocycles. The van der Waals surface area contributed by atoms with E-state index in [1.54, 1.807) is 6.07 Å². The second kappa shape index (κ2) is 4.54. The number of nitrogen functional groups attached to an aromatic ring is 1. The summed E-state index contributed by atoms with van der Waals surface area (Å²) in [6, 6.07) is 1.66. The Bertz CT molecular complexity index is 859. The highest BCUT2D eigenvalue weighted by Crippen LogP contribution is 2.48. The van der Waals surface area contributed by atoms with Crippen LogP contribution < -0.4 is 5.73 Å². The van der Waals surface area contributed by atoms with Crippen molar-refractivity contribution < 1.29 is 23.1 Å². The van der Waals surface area contributed by atoms with Gasteiger partial charge in [-0.1, -0.05) is 0 Å². The topological polar surface area (TPSA) is 131 Å². The summed E-state index contributed by atoms with van der Waals surface area (Å²) in [6.45, 7) is 2.65. The molecule has 0 bridgehead atoms. The van der Waals surface area contributed by atoms with Crippen LogP contribution in [0, 0.1) is 0 Å². The minimum absolute atomic E-state index is 0.0138. The Morgan fingerprint density at radius 2 is 2.13 bits per heavy atom. The number of carbonyl (C=O) groups excluding carboxylic acids is 1. The molecule has 1 aromatic heterocycles. The fourth-order valence-electron chi connectivity index (χ4n) is 3.05. The third-order valence-corrected chi connectivity index (χ3v) is 7.07. The maximum atomic E-state index is 12.7. The monoisotopic (exact) mass is 337 g/mol. The fraction of sp³-hybridized carbons (Fsp3) is 0.357. The highest BCUT2D eigenvalue weighted by atomic mass is 32.2. The van der Waals surface area contributed by atoms with Crippen LogP contribution in [0.4, 0.5) is 5.69 Å². The molecular weight excluding hydrogens is 322 g/mol. The minimum atomic E-state index is -3.88. The smallest absolute Gasteiger partial charge is 0.328 e. The highest BCUT2D eigenvalue weighted by molar-refractivity contribution is 7.94. The Labute approximate surface area is 132 Å². The summed E-state index contributed by atoms with van der Waals surface area (Å²) in [5, 5.41) is 8.07. The molecule has 0 saturated carbocycles. The molecule has 2 fully saturated rings. The lowest BCUT2D eigenvalue weighted by Crippen LogP contribution is -2.58. The van der Waals surface area contributed by atoms with Gasteiger partial charge in [0.15, 0.2) is 21.3 Å². The second-order valence-corrected chi connectivity index (χ2v) is 8.66. The molecule has 8 nitrogen and oxygen atoms in total. The lowest BCUT2D eigenvalue weighted by molar-refractivity contribution is -0.152. The van der Waals surface area contributed by atoms with Crippen LogP contribution in [0.3, 0.4) is 0 Å². The third kappa shape index (κ3) is 1.89. The van der Waals surface area contributed by atoms with Gasteiger partial charge in [-0.15, -0.1) is 0 Å². The van der Waals surface area contributed by atoms with E-state index in [2.05, 4.69) is 4.98 Å². The number of fused-ring (bicyclic) bond motifs is 1. The SMILES string of the molecule is CC1(C)[C@H](C(=O)O)N2C(=O)/C(=C/c3cc(N)ccn3)[C@H]2S1(=O)=O. The molecule has 1 aromatic rings. The van der Waals surface area contributed by atoms with Crippen LogP contribution in [0.5, 0.6) is 0 Å². The van der Waals surface area contributed by atoms with Crippen LogP contribution in [0.1, 0.15) is 19.5 Å². The van der Waals surface area contributed by atoms with E-state index < -0.39 is 37.9 Å². The number of amides is 1. The summed E-state index contributed by atoms with van der Waals surface area (Å²) in [6.07, 6.45) is 2.79. The molecule has 3 N–H and O–H groups in total. The summed E-state index contributed by atoms with van der Waals surface area (Å²) in [5.41, 5.74) is 6.42. The Morgan fingerprint density at radius 3 is 2.70 bits per heavy atom. The van der Waals surface area contributed by atoms with Gasteiger partial charge in [-0.3, -0.25) is 9.78 Å². The van der Waals surface area contributed by atoms with Crippen molar-refractivity contribution in [3.05, 3.63) is 29.6 Å². The van der Waals surface area contributed by atoms with Crippen LogP contribution in [0.15, 0.2) is 23.9 Å². The van der Waals surface area contributed by atoms with Crippen LogP contribution in [-0.4, -0.2) is 51.4 Å². The minimum Gasteiger partial charge on any atom is -0.480 e. The number of carboxylic acid groups (broad SMARTS) is 1. The summed E-state index contributed by atoms with van der Waals surface area (Å²) < 4.78 is 23.8. The average Bonchev–Trinajstić information content (AvgIpc) is 2.58. The molecular formula is C14H15N3O5S. The lowest BCUT2D eigenvalue weighted by Gasteiger charge is -2.37. The van der Waals surface area contributed by atoms with E-state index in [-0.39, 0.29) is 5.57 Å². The Balaban J connectivity index is 2.10. The molecule has 0 radical (unpaired) electrons. The molecule has 2 aliphatic rings. The number of aromatic nitrogens is 1. The van der Waals surface area contributed by atoms with Crippen molar-refractivity contribution in [2.45, 2.75) is 30.0 Å². The number of β-lactam (4-membered cyclic amide) rings is 1. The zero-order valence-corrected chi connectivity index (χ0v) is 13.2. The summed E-state index contributed by atoms with van der Waals surface area (Å²) in [5.74, 6) is -1.95. The van der Waals surface area contributed by atoms with E-state index in [4.69, 9.17) is 5.73 Å². The Kier molecular flexibility index (Phi) is 3.06. The number of carboxylic acids is 1. The Morgan fingerprint density at radius 1 is 1.48 bits per heavy atom. The molecule has 2 saturated heterocycles. The highest BCUT2D eigenvalue weighted by Gasteiger charge is 2.70. The maximum Gasteiger partial charge on any atom is 0.328 e. The van der Waals surface area contributed by atoms with Crippen LogP contribution in [-0.2, 0) is 19.4 Å².